The van der Waals surface area contributed by atoms with E-state index in [1.807, 2.05) is 12.1 Å². The molecule has 4 atom stereocenters. The molecule has 2 aromatic carbocycles. The van der Waals surface area contributed by atoms with Crippen molar-refractivity contribution in [2.45, 2.75) is 76.2 Å². The maximum absolute atomic E-state index is 11.1. The Balaban J connectivity index is 1.38. The number of aliphatic hydroxyl groups is 1. The van der Waals surface area contributed by atoms with Crippen LogP contribution in [-0.2, 0) is 16.1 Å². The summed E-state index contributed by atoms with van der Waals surface area (Å²) >= 11 is 0. The van der Waals surface area contributed by atoms with Crippen LogP contribution < -0.4 is 4.74 Å². The van der Waals surface area contributed by atoms with Gasteiger partial charge in [0.25, 0.3) is 0 Å². The van der Waals surface area contributed by atoms with E-state index in [1.165, 1.54) is 19.3 Å². The van der Waals surface area contributed by atoms with Crippen molar-refractivity contribution in [3.05, 3.63) is 66.2 Å². The first-order valence-corrected chi connectivity index (χ1v) is 13.7. The van der Waals surface area contributed by atoms with E-state index in [9.17, 15) is 9.90 Å². The number of hydrogen-bond acceptors (Lipinski definition) is 5. The van der Waals surface area contributed by atoms with Crippen molar-refractivity contribution in [2.24, 2.45) is 5.92 Å². The van der Waals surface area contributed by atoms with Gasteiger partial charge in [-0.05, 0) is 74.0 Å². The molecule has 1 aliphatic carbocycles. The first-order valence-electron chi connectivity index (χ1n) is 13.7. The van der Waals surface area contributed by atoms with Crippen LogP contribution in [0.5, 0.6) is 5.75 Å². The highest BCUT2D eigenvalue weighted by atomic mass is 16.5. The molecule has 1 heterocycles. The summed E-state index contributed by atoms with van der Waals surface area (Å²) in [5, 5.41) is 19.9. The van der Waals surface area contributed by atoms with Gasteiger partial charge in [-0.25, -0.2) is 0 Å². The Morgan fingerprint density at radius 3 is 2.32 bits per heavy atom. The maximum Gasteiger partial charge on any atom is 0.303 e. The Morgan fingerprint density at radius 1 is 1.00 bits per heavy atom. The highest BCUT2D eigenvalue weighted by molar-refractivity contribution is 5.66. The van der Waals surface area contributed by atoms with E-state index in [0.717, 1.165) is 48.4 Å². The number of rotatable bonds is 12. The Hall–Kier alpha value is -2.67. The Kier molecular flexibility index (Phi) is 10.2. The number of allylic oxidation sites excluding steroid dienone is 2. The fourth-order valence-electron chi connectivity index (χ4n) is 5.79. The molecule has 4 rings (SSSR count). The summed E-state index contributed by atoms with van der Waals surface area (Å²) in [6.45, 7) is 2.60. The van der Waals surface area contributed by atoms with Gasteiger partial charge in [-0.3, -0.25) is 9.69 Å². The van der Waals surface area contributed by atoms with E-state index in [2.05, 4.69) is 53.5 Å². The summed E-state index contributed by atoms with van der Waals surface area (Å²) in [6.07, 6.45) is 10.6. The number of piperidine rings is 1. The first kappa shape index (κ1) is 27.4. The fraction of sp³-hybridized carbons (Fsp3) is 0.516. The molecular weight excluding hydrogens is 466 g/mol. The number of hydrogen-bond donors (Lipinski definition) is 2. The van der Waals surface area contributed by atoms with Gasteiger partial charge in [-0.2, -0.15) is 0 Å². The highest BCUT2D eigenvalue weighted by Gasteiger charge is 2.45. The number of unbranched alkanes of at least 4 members (excludes halogenated alkanes) is 1. The molecule has 0 bridgehead atoms. The van der Waals surface area contributed by atoms with Gasteiger partial charge in [0.2, 0.25) is 0 Å². The minimum Gasteiger partial charge on any atom is -0.497 e. The number of aliphatic carboxylic acids is 1. The van der Waals surface area contributed by atoms with Gasteiger partial charge in [-0.1, -0.05) is 55.0 Å². The Bertz CT molecular complexity index is 997. The van der Waals surface area contributed by atoms with E-state index >= 15 is 0 Å². The molecule has 0 amide bonds. The van der Waals surface area contributed by atoms with Crippen molar-refractivity contribution in [2.75, 3.05) is 20.2 Å². The van der Waals surface area contributed by atoms with Crippen LogP contribution in [0.15, 0.2) is 60.7 Å². The van der Waals surface area contributed by atoms with Crippen LogP contribution >= 0.6 is 0 Å². The molecule has 37 heavy (non-hydrogen) atoms. The van der Waals surface area contributed by atoms with E-state index in [0.29, 0.717) is 19.4 Å². The lowest BCUT2D eigenvalue weighted by Crippen LogP contribution is -2.47. The molecule has 2 aromatic rings. The molecule has 1 saturated carbocycles. The number of nitrogens with zero attached hydrogens (tertiary/aromatic N) is 1. The van der Waals surface area contributed by atoms with Gasteiger partial charge in [0.05, 0.1) is 25.9 Å². The van der Waals surface area contributed by atoms with E-state index in [-0.39, 0.29) is 30.6 Å². The monoisotopic (exact) mass is 507 g/mol. The third-order valence-corrected chi connectivity index (χ3v) is 7.77. The molecule has 1 saturated heterocycles. The molecular formula is C31H41NO5. The normalized spacial score (nSPS) is 24.5. The van der Waals surface area contributed by atoms with Gasteiger partial charge in [0.15, 0.2) is 0 Å². The average molecular weight is 508 g/mol. The van der Waals surface area contributed by atoms with Crippen molar-refractivity contribution in [1.29, 1.82) is 0 Å². The zero-order chi connectivity index (χ0) is 26.0. The van der Waals surface area contributed by atoms with Crippen LogP contribution in [0.3, 0.4) is 0 Å². The summed E-state index contributed by atoms with van der Waals surface area (Å²) in [7, 11) is 1.67. The zero-order valence-corrected chi connectivity index (χ0v) is 21.9. The topological polar surface area (TPSA) is 79.2 Å². The quantitative estimate of drug-likeness (QED) is 0.284. The van der Waals surface area contributed by atoms with Gasteiger partial charge >= 0.3 is 5.97 Å². The van der Waals surface area contributed by atoms with Gasteiger partial charge < -0.3 is 19.7 Å². The molecule has 1 aliphatic heterocycles. The van der Waals surface area contributed by atoms with E-state index in [1.54, 1.807) is 7.11 Å². The minimum atomic E-state index is -0.747. The summed E-state index contributed by atoms with van der Waals surface area (Å²) in [4.78, 5) is 13.2. The number of methoxy groups -OCH3 is 1. The molecule has 6 heteroatoms. The summed E-state index contributed by atoms with van der Waals surface area (Å²) in [5.74, 6) is 0.324. The number of benzene rings is 2. The third kappa shape index (κ3) is 7.67. The standard InChI is InChI=1S/C31H41NO5/c1-36-26-17-15-25(16-18-26)24-13-11-23(12-14-24)22-37-29-21-28(33)31(32-19-7-4-8-20-32)27(29)9-5-2-3-6-10-30(34)35/h2,5,11-18,27-29,31,33H,3-4,6-10,19-22H2,1H3,(H,34,35)/t27-,28+,29-,31+/m0/s1. The van der Waals surface area contributed by atoms with Crippen LogP contribution in [0.25, 0.3) is 11.1 Å². The SMILES string of the molecule is COc1ccc(-c2ccc(CO[C@H]3C[C@@H](O)[C@H](N4CCCCC4)[C@H]3CC=CCCCC(=O)O)cc2)cc1. The van der Waals surface area contributed by atoms with Crippen molar-refractivity contribution in [3.8, 4) is 16.9 Å². The maximum atomic E-state index is 11.1. The zero-order valence-electron chi connectivity index (χ0n) is 21.9. The Labute approximate surface area is 220 Å². The number of carboxylic acid groups (broad SMARTS) is 1. The number of aliphatic hydroxyl groups excluding tert-OH is 1. The Morgan fingerprint density at radius 2 is 1.68 bits per heavy atom. The van der Waals surface area contributed by atoms with Crippen LogP contribution in [0.4, 0.5) is 0 Å². The van der Waals surface area contributed by atoms with Crippen molar-refractivity contribution in [3.63, 3.8) is 0 Å². The van der Waals surface area contributed by atoms with Crippen molar-refractivity contribution < 1.29 is 24.5 Å². The summed E-state index contributed by atoms with van der Waals surface area (Å²) in [6, 6.07) is 16.7. The van der Waals surface area contributed by atoms with Gasteiger partial charge in [0, 0.05) is 24.8 Å². The molecule has 0 unspecified atom stereocenters. The lowest BCUT2D eigenvalue weighted by Gasteiger charge is -2.37. The minimum absolute atomic E-state index is 0.00754. The lowest BCUT2D eigenvalue weighted by molar-refractivity contribution is -0.137. The molecule has 0 aromatic heterocycles. The number of likely N-dealkylation sites (tertiary alicyclic amines) is 1. The van der Waals surface area contributed by atoms with Crippen LogP contribution in [-0.4, -0.2) is 59.5 Å². The van der Waals surface area contributed by atoms with Crippen LogP contribution in [0.2, 0.25) is 0 Å². The predicted octanol–water partition coefficient (Wildman–Crippen LogP) is 5.68. The predicted molar refractivity (Wildman–Crippen MR) is 146 cm³/mol. The van der Waals surface area contributed by atoms with Gasteiger partial charge in [0.1, 0.15) is 5.75 Å². The number of carboxylic acids is 1. The molecule has 2 N–H and O–H groups in total. The summed E-state index contributed by atoms with van der Waals surface area (Å²) < 4.78 is 11.7. The lowest BCUT2D eigenvalue weighted by atomic mass is 9.93. The van der Waals surface area contributed by atoms with Crippen molar-refractivity contribution >= 4 is 5.97 Å². The van der Waals surface area contributed by atoms with Crippen LogP contribution in [0, 0.1) is 5.92 Å². The third-order valence-electron chi connectivity index (χ3n) is 7.77. The van der Waals surface area contributed by atoms with Crippen molar-refractivity contribution in [1.82, 2.24) is 4.90 Å². The van der Waals surface area contributed by atoms with E-state index in [4.69, 9.17) is 14.6 Å². The smallest absolute Gasteiger partial charge is 0.303 e. The summed E-state index contributed by atoms with van der Waals surface area (Å²) in [5.41, 5.74) is 3.42. The number of ether oxygens (including phenoxy) is 2. The second kappa shape index (κ2) is 13.8. The molecule has 0 radical (unpaired) electrons. The highest BCUT2D eigenvalue weighted by Crippen LogP contribution is 2.37. The second-order valence-corrected chi connectivity index (χ2v) is 10.3. The van der Waals surface area contributed by atoms with Gasteiger partial charge in [-0.15, -0.1) is 0 Å². The fourth-order valence-corrected chi connectivity index (χ4v) is 5.79. The first-order chi connectivity index (χ1) is 18.0. The molecule has 6 nitrogen and oxygen atoms in total. The van der Waals surface area contributed by atoms with Crippen LogP contribution in [0.1, 0.15) is 56.9 Å². The molecule has 2 fully saturated rings. The molecule has 2 aliphatic rings. The molecule has 0 spiro atoms. The largest absolute Gasteiger partial charge is 0.497 e. The second-order valence-electron chi connectivity index (χ2n) is 10.3. The number of carbonyl (C=O) groups is 1. The average Bonchev–Trinajstić information content (AvgIpc) is 3.24. The molecule has 200 valence electrons. The van der Waals surface area contributed by atoms with E-state index < -0.39 is 5.97 Å².